The van der Waals surface area contributed by atoms with Crippen molar-refractivity contribution in [1.82, 2.24) is 10.3 Å². The van der Waals surface area contributed by atoms with Gasteiger partial charge in [-0.3, -0.25) is 4.79 Å². The smallest absolute Gasteiger partial charge is 0.358 e. The van der Waals surface area contributed by atoms with Gasteiger partial charge < -0.3 is 10.1 Å². The van der Waals surface area contributed by atoms with Crippen molar-refractivity contribution < 1.29 is 14.3 Å². The number of thiazole rings is 1. The molecule has 1 aromatic carbocycles. The van der Waals surface area contributed by atoms with Crippen molar-refractivity contribution in [3.05, 3.63) is 40.9 Å². The van der Waals surface area contributed by atoms with Gasteiger partial charge in [-0.05, 0) is 25.3 Å². The summed E-state index contributed by atoms with van der Waals surface area (Å²) in [5, 5.41) is 5.15. The maximum atomic E-state index is 12.0. The maximum absolute atomic E-state index is 12.0. The molecule has 2 rings (SSSR count). The first-order chi connectivity index (χ1) is 11.5. The van der Waals surface area contributed by atoms with Crippen LogP contribution in [0.1, 0.15) is 43.2 Å². The van der Waals surface area contributed by atoms with Crippen LogP contribution in [0.25, 0.3) is 10.6 Å². The fourth-order valence-corrected chi connectivity index (χ4v) is 2.80. The Morgan fingerprint density at radius 2 is 1.96 bits per heavy atom. The number of carbonyl (C=O) groups is 2. The van der Waals surface area contributed by atoms with Crippen LogP contribution in [0, 0.1) is 0 Å². The van der Waals surface area contributed by atoms with Crippen molar-refractivity contribution in [3.63, 3.8) is 0 Å². The predicted octanol–water partition coefficient (Wildman–Crippen LogP) is 3.44. The fraction of sp³-hybridized carbons (Fsp3) is 0.389. The van der Waals surface area contributed by atoms with E-state index in [1.54, 1.807) is 5.38 Å². The Labute approximate surface area is 146 Å². The molecule has 24 heavy (non-hydrogen) atoms. The SMILES string of the molecule is CCc1ccc(-c2nc(C(=O)OCC(=O)N[C@@H](C)CC)cs2)cc1. The summed E-state index contributed by atoms with van der Waals surface area (Å²) in [6, 6.07) is 8.15. The van der Waals surface area contributed by atoms with E-state index in [0.717, 1.165) is 23.4 Å². The van der Waals surface area contributed by atoms with Crippen LogP contribution < -0.4 is 5.32 Å². The topological polar surface area (TPSA) is 68.3 Å². The molecule has 1 aromatic heterocycles. The summed E-state index contributed by atoms with van der Waals surface area (Å²) in [5.74, 6) is -0.884. The number of aromatic nitrogens is 1. The van der Waals surface area contributed by atoms with Gasteiger partial charge in [0.25, 0.3) is 5.91 Å². The minimum atomic E-state index is -0.582. The zero-order valence-electron chi connectivity index (χ0n) is 14.2. The molecule has 5 nitrogen and oxygen atoms in total. The van der Waals surface area contributed by atoms with E-state index in [4.69, 9.17) is 4.74 Å². The number of hydrogen-bond acceptors (Lipinski definition) is 5. The van der Waals surface area contributed by atoms with Crippen molar-refractivity contribution in [2.45, 2.75) is 39.7 Å². The number of nitrogens with zero attached hydrogens (tertiary/aromatic N) is 1. The Balaban J connectivity index is 1.94. The first-order valence-electron chi connectivity index (χ1n) is 8.04. The lowest BCUT2D eigenvalue weighted by Gasteiger charge is -2.10. The van der Waals surface area contributed by atoms with Gasteiger partial charge in [0.2, 0.25) is 0 Å². The maximum Gasteiger partial charge on any atom is 0.358 e. The van der Waals surface area contributed by atoms with E-state index in [-0.39, 0.29) is 24.2 Å². The van der Waals surface area contributed by atoms with Crippen LogP contribution in [0.5, 0.6) is 0 Å². The largest absolute Gasteiger partial charge is 0.451 e. The number of amides is 1. The minimum absolute atomic E-state index is 0.0631. The van der Waals surface area contributed by atoms with Crippen molar-refractivity contribution in [1.29, 1.82) is 0 Å². The molecule has 0 aliphatic carbocycles. The molecule has 0 saturated heterocycles. The van der Waals surface area contributed by atoms with Crippen LogP contribution in [0.3, 0.4) is 0 Å². The van der Waals surface area contributed by atoms with Crippen molar-refractivity contribution in [3.8, 4) is 10.6 Å². The summed E-state index contributed by atoms with van der Waals surface area (Å²) < 4.78 is 5.01. The lowest BCUT2D eigenvalue weighted by molar-refractivity contribution is -0.124. The van der Waals surface area contributed by atoms with Crippen molar-refractivity contribution in [2.24, 2.45) is 0 Å². The molecule has 1 atom stereocenters. The zero-order chi connectivity index (χ0) is 17.5. The molecule has 0 fully saturated rings. The van der Waals surface area contributed by atoms with Gasteiger partial charge in [-0.2, -0.15) is 0 Å². The van der Waals surface area contributed by atoms with E-state index in [0.29, 0.717) is 0 Å². The molecule has 0 aliphatic heterocycles. The van der Waals surface area contributed by atoms with Crippen molar-refractivity contribution >= 4 is 23.2 Å². The molecule has 1 N–H and O–H groups in total. The second-order valence-corrected chi connectivity index (χ2v) is 6.40. The summed E-state index contributed by atoms with van der Waals surface area (Å²) in [5.41, 5.74) is 2.44. The summed E-state index contributed by atoms with van der Waals surface area (Å²) >= 11 is 1.38. The molecular weight excluding hydrogens is 324 g/mol. The number of nitrogens with one attached hydrogen (secondary N) is 1. The second kappa shape index (κ2) is 8.59. The first-order valence-corrected chi connectivity index (χ1v) is 8.92. The quantitative estimate of drug-likeness (QED) is 0.780. The lowest BCUT2D eigenvalue weighted by atomic mass is 10.1. The van der Waals surface area contributed by atoms with Gasteiger partial charge in [0.1, 0.15) is 5.01 Å². The number of esters is 1. The van der Waals surface area contributed by atoms with Gasteiger partial charge in [-0.1, -0.05) is 38.1 Å². The number of benzene rings is 1. The van der Waals surface area contributed by atoms with Gasteiger partial charge in [0.15, 0.2) is 12.3 Å². The van der Waals surface area contributed by atoms with Crippen LogP contribution >= 0.6 is 11.3 Å². The van der Waals surface area contributed by atoms with Gasteiger partial charge >= 0.3 is 5.97 Å². The van der Waals surface area contributed by atoms with Gasteiger partial charge in [-0.15, -0.1) is 11.3 Å². The van der Waals surface area contributed by atoms with Gasteiger partial charge in [-0.25, -0.2) is 9.78 Å². The number of carbonyl (C=O) groups excluding carboxylic acids is 2. The van der Waals surface area contributed by atoms with E-state index >= 15 is 0 Å². The summed E-state index contributed by atoms with van der Waals surface area (Å²) in [7, 11) is 0. The Bertz CT molecular complexity index is 695. The van der Waals surface area contributed by atoms with Crippen LogP contribution in [0.2, 0.25) is 0 Å². The number of ether oxygens (including phenoxy) is 1. The third-order valence-electron chi connectivity index (χ3n) is 3.68. The Kier molecular flexibility index (Phi) is 6.49. The van der Waals surface area contributed by atoms with Crippen LogP contribution in [0.15, 0.2) is 29.6 Å². The number of hydrogen-bond donors (Lipinski definition) is 1. The highest BCUT2D eigenvalue weighted by molar-refractivity contribution is 7.13. The normalized spacial score (nSPS) is 11.8. The molecule has 1 amide bonds. The highest BCUT2D eigenvalue weighted by atomic mass is 32.1. The van der Waals surface area contributed by atoms with Crippen LogP contribution in [0.4, 0.5) is 0 Å². The Hall–Kier alpha value is -2.21. The fourth-order valence-electron chi connectivity index (χ4n) is 2.01. The van der Waals surface area contributed by atoms with Crippen LogP contribution in [-0.2, 0) is 16.0 Å². The van der Waals surface area contributed by atoms with E-state index in [2.05, 4.69) is 17.2 Å². The Morgan fingerprint density at radius 1 is 1.25 bits per heavy atom. The molecule has 128 valence electrons. The monoisotopic (exact) mass is 346 g/mol. The first kappa shape index (κ1) is 18.1. The van der Waals surface area contributed by atoms with Crippen molar-refractivity contribution in [2.75, 3.05) is 6.61 Å². The zero-order valence-corrected chi connectivity index (χ0v) is 15.0. The van der Waals surface area contributed by atoms with E-state index < -0.39 is 5.97 Å². The molecule has 0 bridgehead atoms. The molecule has 0 aliphatic rings. The summed E-state index contributed by atoms with van der Waals surface area (Å²) in [6.45, 7) is 5.68. The van der Waals surface area contributed by atoms with E-state index in [1.807, 2.05) is 38.1 Å². The number of aryl methyl sites for hydroxylation is 1. The van der Waals surface area contributed by atoms with Gasteiger partial charge in [0.05, 0.1) is 0 Å². The summed E-state index contributed by atoms with van der Waals surface area (Å²) in [4.78, 5) is 27.9. The van der Waals surface area contributed by atoms with E-state index in [1.165, 1.54) is 16.9 Å². The number of rotatable bonds is 7. The van der Waals surface area contributed by atoms with Crippen LogP contribution in [-0.4, -0.2) is 29.5 Å². The standard InChI is InChI=1S/C18H22N2O3S/c1-4-12(3)19-16(21)10-23-18(22)15-11-24-17(20-15)14-8-6-13(5-2)7-9-14/h6-9,11-12H,4-5,10H2,1-3H3,(H,19,21)/t12-/m0/s1. The third kappa shape index (κ3) is 4.89. The molecule has 2 aromatic rings. The second-order valence-electron chi connectivity index (χ2n) is 5.54. The highest BCUT2D eigenvalue weighted by Crippen LogP contribution is 2.24. The molecule has 0 radical (unpaired) electrons. The average molecular weight is 346 g/mol. The Morgan fingerprint density at radius 3 is 2.58 bits per heavy atom. The molecule has 6 heteroatoms. The molecule has 0 saturated carbocycles. The van der Waals surface area contributed by atoms with E-state index in [9.17, 15) is 9.59 Å². The van der Waals surface area contributed by atoms with Gasteiger partial charge in [0, 0.05) is 17.0 Å². The molecular formula is C18H22N2O3S. The minimum Gasteiger partial charge on any atom is -0.451 e. The lowest BCUT2D eigenvalue weighted by Crippen LogP contribution is -2.35. The summed E-state index contributed by atoms with van der Waals surface area (Å²) in [6.07, 6.45) is 1.81. The molecule has 1 heterocycles. The third-order valence-corrected chi connectivity index (χ3v) is 4.57. The average Bonchev–Trinajstić information content (AvgIpc) is 3.09. The molecule has 0 spiro atoms. The predicted molar refractivity (Wildman–Crippen MR) is 95.1 cm³/mol. The molecule has 0 unspecified atom stereocenters. The highest BCUT2D eigenvalue weighted by Gasteiger charge is 2.15.